The molecule has 0 saturated heterocycles. The van der Waals surface area contributed by atoms with Crippen LogP contribution in [-0.2, 0) is 55.9 Å². The van der Waals surface area contributed by atoms with Crippen LogP contribution in [0.3, 0.4) is 0 Å². The molecule has 4 bridgehead atoms. The smallest absolute Gasteiger partial charge is 0.0579 e. The molecule has 5 nitrogen and oxygen atoms in total. The van der Waals surface area contributed by atoms with Crippen LogP contribution in [0.5, 0.6) is 11.5 Å². The van der Waals surface area contributed by atoms with Crippen molar-refractivity contribution in [3.63, 3.8) is 0 Å². The zero-order valence-electron chi connectivity index (χ0n) is 36.1. The number of nitrogens with zero attached hydrogens (tertiary/aromatic N) is 4. The Morgan fingerprint density at radius 1 is 0.607 bits per heavy atom. The molecule has 0 amide bonds. The minimum atomic E-state index is -0.0978. The van der Waals surface area contributed by atoms with Gasteiger partial charge in [-0.15, -0.1) is 0 Å². The van der Waals surface area contributed by atoms with E-state index in [1.807, 2.05) is 6.20 Å². The van der Waals surface area contributed by atoms with Gasteiger partial charge in [0.1, 0.15) is 0 Å². The van der Waals surface area contributed by atoms with Crippen molar-refractivity contribution >= 4 is 27.3 Å². The number of aryl methyl sites for hydroxylation is 5. The normalized spacial score (nSPS) is 13.3. The van der Waals surface area contributed by atoms with E-state index in [0.717, 1.165) is 74.5 Å². The van der Waals surface area contributed by atoms with Crippen molar-refractivity contribution in [1.82, 2.24) is 18.5 Å². The number of pyridine rings is 2. The summed E-state index contributed by atoms with van der Waals surface area (Å²) in [6.07, 6.45) is 8.36. The van der Waals surface area contributed by atoms with Crippen molar-refractivity contribution in [2.24, 2.45) is 0 Å². The molecule has 6 heterocycles. The predicted octanol–water partition coefficient (Wildman–Crippen LogP) is 13.5. The Balaban J connectivity index is 1.05. The number of para-hydroxylation sites is 1. The average molecular weight is 980 g/mol. The Morgan fingerprint density at radius 2 is 1.31 bits per heavy atom. The van der Waals surface area contributed by atoms with Crippen LogP contribution in [0, 0.1) is 10.7 Å². The van der Waals surface area contributed by atoms with Crippen LogP contribution in [0.1, 0.15) is 80.6 Å². The summed E-state index contributed by atoms with van der Waals surface area (Å²) in [4.78, 5) is 5.12. The van der Waals surface area contributed by atoms with Crippen LogP contribution < -0.4 is 4.74 Å². The van der Waals surface area contributed by atoms with E-state index in [4.69, 9.17) is 9.72 Å². The molecule has 0 spiro atoms. The molecule has 4 aromatic heterocycles. The third-order valence-electron chi connectivity index (χ3n) is 12.6. The van der Waals surface area contributed by atoms with Crippen LogP contribution in [0.25, 0.3) is 50.0 Å². The Hall–Kier alpha value is -5.77. The van der Waals surface area contributed by atoms with Gasteiger partial charge in [-0.1, -0.05) is 57.2 Å². The van der Waals surface area contributed by atoms with Gasteiger partial charge >= 0.3 is 274 Å². The standard InChI is InChI=1S/C55H52N4O.Pt/c1-36-28-53(56-33-49(36)39-19-22-41(23-20-39)54(2,3)4)59-50-11-9-8-10-47(50)48-27-26-45(32-51(48)59)60-46-30-42(55(5,6)7)29-44(31-46)57-34-52-40-18-16-37-12-14-38(15-13-37)17-24-43(25-21-40)58(52)35-57;/h8-15,19-23,25-34H,16-18,24H2,1-7H3;. The van der Waals surface area contributed by atoms with Gasteiger partial charge in [0.25, 0.3) is 0 Å². The third kappa shape index (κ3) is 7.31. The van der Waals surface area contributed by atoms with Crippen LogP contribution >= 0.6 is 0 Å². The van der Waals surface area contributed by atoms with Crippen molar-refractivity contribution in [2.45, 2.75) is 85.0 Å². The minimum absolute atomic E-state index is 0.0978. The molecule has 2 aliphatic heterocycles. The molecule has 13 rings (SSSR count). The molecule has 308 valence electrons. The number of hydrogen-bond donors (Lipinski definition) is 0. The molecule has 5 aromatic carbocycles. The SMILES string of the molecule is Cc1cc(-n2c3ccccc3c3ccc(Oc4cc(-n5cc6c7ccc(n6[c]5=[Pt])CCc5ccc(cc5)CC7)cc(C(C)(C)C)c4)cc32)ncc1-c1ccc(C(C)(C)C)cc1. The number of benzene rings is 5. The fraction of sp³-hybridized carbons (Fsp3) is 0.236. The molecule has 9 aromatic rings. The van der Waals surface area contributed by atoms with Gasteiger partial charge in [0, 0.05) is 11.8 Å². The average Bonchev–Trinajstić information content (AvgIpc) is 3.76. The first kappa shape index (κ1) is 39.4. The molecule has 4 aliphatic rings. The topological polar surface area (TPSA) is 36.4 Å². The molecule has 0 radical (unpaired) electrons. The van der Waals surface area contributed by atoms with Gasteiger partial charge in [0.05, 0.1) is 0 Å². The van der Waals surface area contributed by atoms with Gasteiger partial charge in [-0.2, -0.15) is 0 Å². The van der Waals surface area contributed by atoms with Crippen LogP contribution in [-0.4, -0.2) is 18.5 Å². The molecule has 0 saturated carbocycles. The van der Waals surface area contributed by atoms with Crippen molar-refractivity contribution in [1.29, 1.82) is 0 Å². The van der Waals surface area contributed by atoms with Gasteiger partial charge in [-0.25, -0.2) is 0 Å². The molecule has 6 heteroatoms. The van der Waals surface area contributed by atoms with E-state index in [1.54, 1.807) is 0 Å². The number of ether oxygens (including phenoxy) is 1. The number of aromatic nitrogens is 4. The molecule has 0 N–H and O–H groups in total. The molecule has 0 fully saturated rings. The van der Waals surface area contributed by atoms with Crippen LogP contribution in [0.4, 0.5) is 0 Å². The van der Waals surface area contributed by atoms with Crippen LogP contribution in [0.2, 0.25) is 0 Å². The summed E-state index contributed by atoms with van der Waals surface area (Å²) < 4.78 is 15.2. The second-order valence-electron chi connectivity index (χ2n) is 18.9. The van der Waals surface area contributed by atoms with Gasteiger partial charge in [-0.3, -0.25) is 0 Å². The van der Waals surface area contributed by atoms with E-state index in [1.165, 1.54) is 55.5 Å². The van der Waals surface area contributed by atoms with Gasteiger partial charge in [0.15, 0.2) is 0 Å². The van der Waals surface area contributed by atoms with Crippen molar-refractivity contribution in [3.05, 3.63) is 183 Å². The van der Waals surface area contributed by atoms with Gasteiger partial charge in [0.2, 0.25) is 0 Å². The zero-order chi connectivity index (χ0) is 42.2. The van der Waals surface area contributed by atoms with Crippen LogP contribution in [0.15, 0.2) is 140 Å². The molecule has 61 heavy (non-hydrogen) atoms. The Morgan fingerprint density at radius 3 is 2.03 bits per heavy atom. The predicted molar refractivity (Wildman–Crippen MR) is 247 cm³/mol. The zero-order valence-corrected chi connectivity index (χ0v) is 38.4. The van der Waals surface area contributed by atoms with E-state index in [0.29, 0.717) is 0 Å². The first-order valence-corrected chi connectivity index (χ1v) is 22.7. The maximum atomic E-state index is 6.94. The first-order chi connectivity index (χ1) is 29.3. The second-order valence-corrected chi connectivity index (χ2v) is 19.9. The summed E-state index contributed by atoms with van der Waals surface area (Å²) in [6, 6.07) is 46.9. The van der Waals surface area contributed by atoms with E-state index >= 15 is 0 Å². The molecule has 2 aliphatic carbocycles. The first-order valence-electron chi connectivity index (χ1n) is 21.5. The molecular formula is C55H52N4OPt. The van der Waals surface area contributed by atoms with E-state index in [-0.39, 0.29) is 10.8 Å². The summed E-state index contributed by atoms with van der Waals surface area (Å²) in [6.45, 7) is 15.8. The van der Waals surface area contributed by atoms with E-state index in [9.17, 15) is 0 Å². The van der Waals surface area contributed by atoms with Crippen molar-refractivity contribution in [2.75, 3.05) is 0 Å². The Labute approximate surface area is 369 Å². The third-order valence-corrected chi connectivity index (χ3v) is 13.7. The molecule has 0 unspecified atom stereocenters. The number of rotatable bonds is 5. The van der Waals surface area contributed by atoms with E-state index in [2.05, 4.69) is 215 Å². The maximum absolute atomic E-state index is 6.94. The summed E-state index contributed by atoms with van der Waals surface area (Å²) >= 11 is 2.53. The number of hydrogen-bond acceptors (Lipinski definition) is 2. The summed E-state index contributed by atoms with van der Waals surface area (Å²) in [5.41, 5.74) is 16.1. The second kappa shape index (κ2) is 15.0. The van der Waals surface area contributed by atoms with E-state index < -0.39 is 0 Å². The fourth-order valence-electron chi connectivity index (χ4n) is 9.01. The van der Waals surface area contributed by atoms with Crippen molar-refractivity contribution in [3.8, 4) is 34.1 Å². The minimum Gasteiger partial charge on any atom is -0.0579 e. The summed E-state index contributed by atoms with van der Waals surface area (Å²) in [7, 11) is 0. The molecular weight excluding hydrogens is 928 g/mol. The fourth-order valence-corrected chi connectivity index (χ4v) is 10.0. The van der Waals surface area contributed by atoms with Gasteiger partial charge < -0.3 is 0 Å². The number of fused-ring (bicyclic) bond motifs is 3. The Bertz CT molecular complexity index is 3200. The quantitative estimate of drug-likeness (QED) is 0.172. The monoisotopic (exact) mass is 979 g/mol. The van der Waals surface area contributed by atoms with Crippen molar-refractivity contribution < 1.29 is 24.1 Å². The summed E-state index contributed by atoms with van der Waals surface area (Å²) in [5.74, 6) is 2.48. The number of imidazole rings is 1. The Kier molecular flexibility index (Phi) is 9.68. The molecule has 0 atom stereocenters. The summed E-state index contributed by atoms with van der Waals surface area (Å²) in [5, 5.41) is 2.35. The van der Waals surface area contributed by atoms with Gasteiger partial charge in [-0.05, 0) is 29.0 Å².